The van der Waals surface area contributed by atoms with Gasteiger partial charge in [0, 0.05) is 13.5 Å². The summed E-state index contributed by atoms with van der Waals surface area (Å²) in [7, 11) is 1.39. The molecule has 1 aliphatic heterocycles. The third kappa shape index (κ3) is 1.42. The van der Waals surface area contributed by atoms with Crippen molar-refractivity contribution >= 4 is 11.8 Å². The number of esters is 1. The predicted molar refractivity (Wildman–Crippen MR) is 62.0 cm³/mol. The number of methoxy groups -OCH3 is 1. The number of ether oxygens (including phenoxy) is 2. The number of rotatable bonds is 1. The Morgan fingerprint density at radius 2 is 2.11 bits per heavy atom. The third-order valence-electron chi connectivity index (χ3n) is 4.99. The summed E-state index contributed by atoms with van der Waals surface area (Å²) in [5.41, 5.74) is -1.73. The Kier molecular flexibility index (Phi) is 2.75. The van der Waals surface area contributed by atoms with Crippen LogP contribution in [0.1, 0.15) is 19.8 Å². The molecule has 6 heteroatoms. The van der Waals surface area contributed by atoms with Gasteiger partial charge < -0.3 is 19.7 Å². The number of ketones is 1. The van der Waals surface area contributed by atoms with E-state index in [1.54, 1.807) is 0 Å². The molecule has 3 aliphatic rings. The Labute approximate surface area is 110 Å². The van der Waals surface area contributed by atoms with Crippen LogP contribution in [0, 0.1) is 17.8 Å². The molecular formula is C13H18O6. The molecule has 0 aromatic heterocycles. The van der Waals surface area contributed by atoms with Crippen LogP contribution in [-0.2, 0) is 19.1 Å². The maximum absolute atomic E-state index is 12.1. The van der Waals surface area contributed by atoms with Gasteiger partial charge in [-0.1, -0.05) is 0 Å². The molecule has 7 atom stereocenters. The minimum absolute atomic E-state index is 0.00710. The van der Waals surface area contributed by atoms with Gasteiger partial charge in [-0.3, -0.25) is 9.59 Å². The van der Waals surface area contributed by atoms with Crippen LogP contribution in [-0.4, -0.2) is 53.0 Å². The zero-order valence-electron chi connectivity index (χ0n) is 10.9. The number of aliphatic hydroxyl groups excluding tert-OH is 1. The highest BCUT2D eigenvalue weighted by Gasteiger charge is 2.72. The fraction of sp³-hybridized carbons (Fsp3) is 0.846. The minimum atomic E-state index is -1.73. The Hall–Kier alpha value is -0.980. The van der Waals surface area contributed by atoms with Gasteiger partial charge in [-0.25, -0.2) is 0 Å². The number of carbonyl (C=O) groups excluding carboxylic acids is 2. The van der Waals surface area contributed by atoms with E-state index in [-0.39, 0.29) is 11.7 Å². The number of hydrogen-bond acceptors (Lipinski definition) is 6. The van der Waals surface area contributed by atoms with Crippen LogP contribution < -0.4 is 0 Å². The first kappa shape index (κ1) is 13.0. The Balaban J connectivity index is 2.09. The number of carbonyl (C=O) groups is 2. The number of fused-ring (bicyclic) bond motifs is 3. The van der Waals surface area contributed by atoms with Crippen molar-refractivity contribution in [2.75, 3.05) is 7.11 Å². The second kappa shape index (κ2) is 4.01. The van der Waals surface area contributed by atoms with Crippen molar-refractivity contribution in [2.45, 2.75) is 43.7 Å². The highest BCUT2D eigenvalue weighted by Crippen LogP contribution is 2.55. The van der Waals surface area contributed by atoms with Gasteiger partial charge in [0.2, 0.25) is 0 Å². The van der Waals surface area contributed by atoms with E-state index in [1.165, 1.54) is 14.0 Å². The van der Waals surface area contributed by atoms with Gasteiger partial charge in [-0.15, -0.1) is 0 Å². The van der Waals surface area contributed by atoms with Crippen LogP contribution in [0.4, 0.5) is 0 Å². The van der Waals surface area contributed by atoms with Crippen LogP contribution in [0.15, 0.2) is 0 Å². The van der Waals surface area contributed by atoms with Gasteiger partial charge >= 0.3 is 5.97 Å². The van der Waals surface area contributed by atoms with E-state index in [9.17, 15) is 19.8 Å². The average Bonchev–Trinajstić information content (AvgIpc) is 2.83. The topological polar surface area (TPSA) is 93.1 Å². The first-order valence-corrected chi connectivity index (χ1v) is 6.59. The Bertz CT molecular complexity index is 435. The third-order valence-corrected chi connectivity index (χ3v) is 4.99. The molecule has 0 bridgehead atoms. The van der Waals surface area contributed by atoms with Crippen molar-refractivity contribution in [2.24, 2.45) is 17.8 Å². The van der Waals surface area contributed by atoms with E-state index in [0.717, 1.165) is 0 Å². The van der Waals surface area contributed by atoms with Crippen molar-refractivity contribution in [3.63, 3.8) is 0 Å². The van der Waals surface area contributed by atoms with Crippen LogP contribution in [0.2, 0.25) is 0 Å². The van der Waals surface area contributed by atoms with Crippen LogP contribution in [0.3, 0.4) is 0 Å². The summed E-state index contributed by atoms with van der Waals surface area (Å²) in [5.74, 6) is -2.23. The summed E-state index contributed by atoms with van der Waals surface area (Å²) in [5, 5.41) is 21.1. The molecule has 0 radical (unpaired) electrons. The summed E-state index contributed by atoms with van der Waals surface area (Å²) in [6, 6.07) is 0. The lowest BCUT2D eigenvalue weighted by molar-refractivity contribution is -0.236. The smallest absolute Gasteiger partial charge is 0.312 e. The fourth-order valence-corrected chi connectivity index (χ4v) is 4.22. The summed E-state index contributed by atoms with van der Waals surface area (Å²) in [6.45, 7) is 1.53. The molecule has 2 saturated carbocycles. The molecule has 1 saturated heterocycles. The molecule has 0 aromatic rings. The van der Waals surface area contributed by atoms with Gasteiger partial charge in [0.1, 0.15) is 23.6 Å². The van der Waals surface area contributed by atoms with E-state index in [4.69, 9.17) is 9.47 Å². The largest absolute Gasteiger partial charge is 0.459 e. The summed E-state index contributed by atoms with van der Waals surface area (Å²) >= 11 is 0. The molecule has 3 rings (SSSR count). The van der Waals surface area contributed by atoms with Gasteiger partial charge in [0.15, 0.2) is 0 Å². The molecule has 0 spiro atoms. The Morgan fingerprint density at radius 1 is 1.42 bits per heavy atom. The molecule has 0 amide bonds. The molecular weight excluding hydrogens is 252 g/mol. The molecule has 19 heavy (non-hydrogen) atoms. The fourth-order valence-electron chi connectivity index (χ4n) is 4.22. The molecule has 3 fully saturated rings. The van der Waals surface area contributed by atoms with E-state index >= 15 is 0 Å². The predicted octanol–water partition coefficient (Wildman–Crippen LogP) is -0.736. The molecule has 0 unspecified atom stereocenters. The first-order chi connectivity index (χ1) is 8.92. The summed E-state index contributed by atoms with van der Waals surface area (Å²) in [4.78, 5) is 24.1. The molecule has 106 valence electrons. The lowest BCUT2D eigenvalue weighted by Gasteiger charge is -2.44. The zero-order valence-corrected chi connectivity index (χ0v) is 10.9. The monoisotopic (exact) mass is 270 g/mol. The number of Topliss-reactive ketones (excluding diaryl/α,β-unsaturated/α-hetero) is 1. The van der Waals surface area contributed by atoms with Crippen molar-refractivity contribution in [1.29, 1.82) is 0 Å². The summed E-state index contributed by atoms with van der Waals surface area (Å²) in [6.07, 6.45) is -1.96. The highest BCUT2D eigenvalue weighted by atomic mass is 16.6. The van der Waals surface area contributed by atoms with Gasteiger partial charge in [-0.2, -0.15) is 0 Å². The van der Waals surface area contributed by atoms with Gasteiger partial charge in [0.05, 0.1) is 17.9 Å². The van der Waals surface area contributed by atoms with Gasteiger partial charge in [0.25, 0.3) is 0 Å². The van der Waals surface area contributed by atoms with Crippen LogP contribution in [0.5, 0.6) is 0 Å². The first-order valence-electron chi connectivity index (χ1n) is 6.59. The van der Waals surface area contributed by atoms with E-state index in [2.05, 4.69) is 0 Å². The maximum atomic E-state index is 12.1. The number of aliphatic hydroxyl groups is 2. The number of cyclic esters (lactones) is 1. The van der Waals surface area contributed by atoms with E-state index < -0.39 is 41.7 Å². The zero-order chi connectivity index (χ0) is 13.9. The SMILES string of the molecule is CO[C@@H]1[C@@H]2C(=O)CC[C@@H]2[C@H]2C(=O)O[C@H](C)[C@@H](O)[C@@]12O. The van der Waals surface area contributed by atoms with Crippen LogP contribution >= 0.6 is 0 Å². The summed E-state index contributed by atoms with van der Waals surface area (Å²) < 4.78 is 10.4. The van der Waals surface area contributed by atoms with Gasteiger partial charge in [-0.05, 0) is 19.3 Å². The maximum Gasteiger partial charge on any atom is 0.312 e. The van der Waals surface area contributed by atoms with Crippen molar-refractivity contribution in [3.8, 4) is 0 Å². The molecule has 1 heterocycles. The normalized spacial score (nSPS) is 52.8. The Morgan fingerprint density at radius 3 is 2.74 bits per heavy atom. The van der Waals surface area contributed by atoms with Crippen molar-refractivity contribution in [1.82, 2.24) is 0 Å². The lowest BCUT2D eigenvalue weighted by atomic mass is 9.76. The van der Waals surface area contributed by atoms with Crippen molar-refractivity contribution in [3.05, 3.63) is 0 Å². The molecule has 2 aliphatic carbocycles. The standard InChI is InChI=1S/C13H18O6/c1-5-10(15)13(17)9(12(16)19-5)6-3-4-7(14)8(6)11(13)18-2/h5-6,8-11,15,17H,3-4H2,1-2H3/t5-,6+,8+,9+,10-,11-,13-/m1/s1. The molecule has 2 N–H and O–H groups in total. The quantitative estimate of drug-likeness (QED) is 0.610. The number of hydrogen-bond donors (Lipinski definition) is 2. The highest BCUT2D eigenvalue weighted by molar-refractivity contribution is 5.88. The van der Waals surface area contributed by atoms with E-state index in [0.29, 0.717) is 12.8 Å². The molecule has 0 aromatic carbocycles. The second-order valence-corrected chi connectivity index (χ2v) is 5.80. The van der Waals surface area contributed by atoms with Crippen LogP contribution in [0.25, 0.3) is 0 Å². The van der Waals surface area contributed by atoms with E-state index in [1.807, 2.05) is 0 Å². The lowest BCUT2D eigenvalue weighted by Crippen LogP contribution is -2.65. The van der Waals surface area contributed by atoms with Crippen molar-refractivity contribution < 1.29 is 29.3 Å². The minimum Gasteiger partial charge on any atom is -0.459 e. The average molecular weight is 270 g/mol. The second-order valence-electron chi connectivity index (χ2n) is 5.80. The molecule has 6 nitrogen and oxygen atoms in total.